The number of hydrogen-bond acceptors (Lipinski definition) is 5. The Morgan fingerprint density at radius 2 is 2.04 bits per heavy atom. The van der Waals surface area contributed by atoms with Gasteiger partial charge in [-0.15, -0.1) is 0 Å². The normalized spacial score (nSPS) is 10.8. The van der Waals surface area contributed by atoms with Crippen LogP contribution >= 0.6 is 11.6 Å². The van der Waals surface area contributed by atoms with Gasteiger partial charge in [0.15, 0.2) is 5.69 Å². The predicted octanol–water partition coefficient (Wildman–Crippen LogP) is 3.07. The highest BCUT2D eigenvalue weighted by Gasteiger charge is 2.16. The Labute approximate surface area is 144 Å². The largest absolute Gasteiger partial charge is 0.396 e. The molecule has 0 atom stereocenters. The van der Waals surface area contributed by atoms with E-state index < -0.39 is 0 Å². The lowest BCUT2D eigenvalue weighted by molar-refractivity contribution is 0.0950. The van der Waals surface area contributed by atoms with Crippen LogP contribution in [0.5, 0.6) is 0 Å². The number of halogens is 1. The zero-order chi connectivity index (χ0) is 17.1. The molecular formula is C17H16ClN5O. The van der Waals surface area contributed by atoms with Crippen molar-refractivity contribution in [1.29, 1.82) is 0 Å². The average molecular weight is 342 g/mol. The number of rotatable bonds is 4. The van der Waals surface area contributed by atoms with Gasteiger partial charge in [0.25, 0.3) is 5.91 Å². The smallest absolute Gasteiger partial charge is 0.272 e. The molecule has 0 aliphatic rings. The van der Waals surface area contributed by atoms with E-state index in [1.54, 1.807) is 12.4 Å². The number of fused-ring (bicyclic) bond motifs is 1. The third-order valence-corrected chi connectivity index (χ3v) is 3.98. The number of nitrogens with two attached hydrogens (primary N) is 1. The fourth-order valence-corrected chi connectivity index (χ4v) is 2.69. The zero-order valence-corrected chi connectivity index (χ0v) is 13.8. The molecule has 0 saturated heterocycles. The number of benzene rings is 1. The van der Waals surface area contributed by atoms with E-state index in [-0.39, 0.29) is 11.6 Å². The maximum absolute atomic E-state index is 12.2. The minimum atomic E-state index is -0.275. The minimum Gasteiger partial charge on any atom is -0.396 e. The van der Waals surface area contributed by atoms with Crippen molar-refractivity contribution in [3.8, 4) is 11.1 Å². The molecule has 3 rings (SSSR count). The van der Waals surface area contributed by atoms with E-state index in [2.05, 4.69) is 20.3 Å². The monoisotopic (exact) mass is 341 g/mol. The Morgan fingerprint density at radius 3 is 2.79 bits per heavy atom. The predicted molar refractivity (Wildman–Crippen MR) is 94.8 cm³/mol. The molecule has 3 aromatic rings. The molecule has 122 valence electrons. The highest BCUT2D eigenvalue weighted by Crippen LogP contribution is 2.34. The van der Waals surface area contributed by atoms with Gasteiger partial charge in [0.05, 0.1) is 5.69 Å². The molecule has 0 radical (unpaired) electrons. The van der Waals surface area contributed by atoms with Crippen molar-refractivity contribution in [2.45, 2.75) is 13.3 Å². The summed E-state index contributed by atoms with van der Waals surface area (Å²) >= 11 is 6.17. The lowest BCUT2D eigenvalue weighted by Gasteiger charge is -2.12. The van der Waals surface area contributed by atoms with Gasteiger partial charge in [0.2, 0.25) is 0 Å². The van der Waals surface area contributed by atoms with Crippen LogP contribution < -0.4 is 11.1 Å². The molecule has 2 heterocycles. The molecule has 1 aromatic carbocycles. The summed E-state index contributed by atoms with van der Waals surface area (Å²) in [6.45, 7) is 2.56. The van der Waals surface area contributed by atoms with Crippen LogP contribution in [-0.4, -0.2) is 27.4 Å². The number of anilines is 1. The van der Waals surface area contributed by atoms with Crippen LogP contribution in [0.25, 0.3) is 21.9 Å². The van der Waals surface area contributed by atoms with E-state index in [0.717, 1.165) is 22.8 Å². The molecule has 0 saturated carbocycles. The van der Waals surface area contributed by atoms with Crippen molar-refractivity contribution in [1.82, 2.24) is 20.3 Å². The molecule has 0 bridgehead atoms. The number of hydrogen-bond donors (Lipinski definition) is 2. The van der Waals surface area contributed by atoms with Gasteiger partial charge in [0, 0.05) is 35.3 Å². The molecule has 0 spiro atoms. The van der Waals surface area contributed by atoms with Crippen LogP contribution in [0.1, 0.15) is 23.8 Å². The Bertz CT molecular complexity index is 913. The van der Waals surface area contributed by atoms with Gasteiger partial charge < -0.3 is 11.1 Å². The van der Waals surface area contributed by atoms with Crippen molar-refractivity contribution in [2.75, 3.05) is 12.3 Å². The second-order valence-electron chi connectivity index (χ2n) is 5.27. The fourth-order valence-electron chi connectivity index (χ4n) is 2.50. The number of nitrogens with zero attached hydrogens (tertiary/aromatic N) is 3. The number of aromatic nitrogens is 3. The van der Waals surface area contributed by atoms with Crippen molar-refractivity contribution in [2.24, 2.45) is 0 Å². The van der Waals surface area contributed by atoms with Gasteiger partial charge in [-0.05, 0) is 12.0 Å². The van der Waals surface area contributed by atoms with Gasteiger partial charge in [-0.1, -0.05) is 36.7 Å². The van der Waals surface area contributed by atoms with Crippen LogP contribution in [0.2, 0.25) is 5.15 Å². The SMILES string of the molecule is CCCNC(=O)c1ncc2c(-c3cncnc3Cl)cccc2c1N. The Hall–Kier alpha value is -2.73. The van der Waals surface area contributed by atoms with Crippen molar-refractivity contribution in [3.63, 3.8) is 0 Å². The molecule has 0 fully saturated rings. The maximum Gasteiger partial charge on any atom is 0.272 e. The van der Waals surface area contributed by atoms with Crippen LogP contribution in [0.3, 0.4) is 0 Å². The quantitative estimate of drug-likeness (QED) is 0.711. The number of amides is 1. The minimum absolute atomic E-state index is 0.225. The van der Waals surface area contributed by atoms with E-state index in [4.69, 9.17) is 17.3 Å². The molecule has 0 unspecified atom stereocenters. The summed E-state index contributed by atoms with van der Waals surface area (Å²) in [5.74, 6) is -0.275. The fraction of sp³-hybridized carbons (Fsp3) is 0.176. The summed E-state index contributed by atoms with van der Waals surface area (Å²) in [4.78, 5) is 24.5. The zero-order valence-electron chi connectivity index (χ0n) is 13.1. The highest BCUT2D eigenvalue weighted by molar-refractivity contribution is 6.32. The summed E-state index contributed by atoms with van der Waals surface area (Å²) in [5.41, 5.74) is 8.26. The van der Waals surface area contributed by atoms with Crippen LogP contribution in [-0.2, 0) is 0 Å². The van der Waals surface area contributed by atoms with Gasteiger partial charge >= 0.3 is 0 Å². The van der Waals surface area contributed by atoms with Gasteiger partial charge in [-0.25, -0.2) is 15.0 Å². The number of carbonyl (C=O) groups excluding carboxylic acids is 1. The number of nitrogens with one attached hydrogen (secondary N) is 1. The molecule has 1 amide bonds. The molecular weight excluding hydrogens is 326 g/mol. The first-order chi connectivity index (χ1) is 11.6. The lowest BCUT2D eigenvalue weighted by Crippen LogP contribution is -2.26. The first-order valence-electron chi connectivity index (χ1n) is 7.54. The topological polar surface area (TPSA) is 93.8 Å². The summed E-state index contributed by atoms with van der Waals surface area (Å²) in [7, 11) is 0. The van der Waals surface area contributed by atoms with Crippen LogP contribution in [0.15, 0.2) is 36.9 Å². The Morgan fingerprint density at radius 1 is 1.21 bits per heavy atom. The van der Waals surface area contributed by atoms with Gasteiger partial charge in [-0.3, -0.25) is 4.79 Å². The summed E-state index contributed by atoms with van der Waals surface area (Å²) in [6.07, 6.45) is 5.50. The molecule has 0 aliphatic carbocycles. The Balaban J connectivity index is 2.15. The lowest BCUT2D eigenvalue weighted by atomic mass is 10.00. The van der Waals surface area contributed by atoms with Crippen LogP contribution in [0.4, 0.5) is 5.69 Å². The molecule has 3 N–H and O–H groups in total. The second-order valence-corrected chi connectivity index (χ2v) is 5.63. The number of carbonyl (C=O) groups is 1. The standard InChI is InChI=1S/C17H16ClN5O/c1-2-6-21-17(24)15-14(19)11-5-3-4-10(12(11)8-22-15)13-7-20-9-23-16(13)18/h3-5,7-9H,2,6,19H2,1H3,(H,21,24). The third kappa shape index (κ3) is 2.88. The summed E-state index contributed by atoms with van der Waals surface area (Å²) in [6, 6.07) is 5.60. The van der Waals surface area contributed by atoms with E-state index in [0.29, 0.717) is 22.9 Å². The highest BCUT2D eigenvalue weighted by atomic mass is 35.5. The van der Waals surface area contributed by atoms with Crippen molar-refractivity contribution >= 4 is 34.0 Å². The molecule has 7 heteroatoms. The molecule has 2 aromatic heterocycles. The van der Waals surface area contributed by atoms with E-state index in [1.807, 2.05) is 25.1 Å². The van der Waals surface area contributed by atoms with Gasteiger partial charge in [-0.2, -0.15) is 0 Å². The molecule has 6 nitrogen and oxygen atoms in total. The van der Waals surface area contributed by atoms with Crippen molar-refractivity contribution < 1.29 is 4.79 Å². The molecule has 0 aliphatic heterocycles. The second kappa shape index (κ2) is 6.80. The van der Waals surface area contributed by atoms with Gasteiger partial charge in [0.1, 0.15) is 11.5 Å². The summed E-state index contributed by atoms with van der Waals surface area (Å²) < 4.78 is 0. The number of pyridine rings is 1. The maximum atomic E-state index is 12.2. The molecule has 24 heavy (non-hydrogen) atoms. The third-order valence-electron chi connectivity index (χ3n) is 3.68. The average Bonchev–Trinajstić information content (AvgIpc) is 2.60. The first kappa shape index (κ1) is 16.1. The van der Waals surface area contributed by atoms with E-state index >= 15 is 0 Å². The van der Waals surface area contributed by atoms with E-state index in [1.165, 1.54) is 6.33 Å². The number of nitrogen functional groups attached to an aromatic ring is 1. The Kier molecular flexibility index (Phi) is 4.57. The van der Waals surface area contributed by atoms with E-state index in [9.17, 15) is 4.79 Å². The summed E-state index contributed by atoms with van der Waals surface area (Å²) in [5, 5.41) is 4.67. The first-order valence-corrected chi connectivity index (χ1v) is 7.92. The van der Waals surface area contributed by atoms with Crippen molar-refractivity contribution in [3.05, 3.63) is 47.8 Å². The van der Waals surface area contributed by atoms with Crippen LogP contribution in [0, 0.1) is 0 Å².